The summed E-state index contributed by atoms with van der Waals surface area (Å²) < 4.78 is 39.7. The van der Waals surface area contributed by atoms with E-state index in [0.29, 0.717) is 15.7 Å². The van der Waals surface area contributed by atoms with Crippen LogP contribution < -0.4 is 16.2 Å². The topological polar surface area (TPSA) is 63.1 Å². The first-order valence-corrected chi connectivity index (χ1v) is 11.7. The van der Waals surface area contributed by atoms with Gasteiger partial charge in [0.05, 0.1) is 17.5 Å². The highest BCUT2D eigenvalue weighted by Gasteiger charge is 2.43. The van der Waals surface area contributed by atoms with Crippen LogP contribution in [0, 0.1) is 23.6 Å². The van der Waals surface area contributed by atoms with Crippen molar-refractivity contribution in [2.75, 3.05) is 18.4 Å². The fraction of sp³-hybridized carbons (Fsp3) is 0.714. The van der Waals surface area contributed by atoms with E-state index in [1.807, 2.05) is 0 Å². The van der Waals surface area contributed by atoms with Crippen LogP contribution in [0.2, 0.25) is 0 Å². The lowest BCUT2D eigenvalue weighted by molar-refractivity contribution is -0.115. The minimum absolute atomic E-state index is 0.0424. The second kappa shape index (κ2) is 9.34. The van der Waals surface area contributed by atoms with Crippen LogP contribution in [-0.2, 0) is 11.3 Å². The number of anilines is 1. The molecule has 1 aliphatic carbocycles. The van der Waals surface area contributed by atoms with Crippen molar-refractivity contribution in [3.8, 4) is 0 Å². The van der Waals surface area contributed by atoms with Gasteiger partial charge in [-0.05, 0) is 69.4 Å². The Labute approximate surface area is 178 Å². The molecule has 0 aromatic carbocycles. The minimum atomic E-state index is -2.78. The lowest BCUT2D eigenvalue weighted by Gasteiger charge is -2.37. The Bertz CT molecular complexity index is 828. The van der Waals surface area contributed by atoms with Crippen LogP contribution in [0.25, 0.3) is 0 Å². The van der Waals surface area contributed by atoms with Gasteiger partial charge in [-0.3, -0.25) is 9.59 Å². The molecule has 9 heteroatoms. The maximum Gasteiger partial charge on any atom is 0.286 e. The molecule has 1 aromatic heterocycles. The minimum Gasteiger partial charge on any atom is -0.324 e. The number of carbonyl (C=O) groups is 1. The van der Waals surface area contributed by atoms with Gasteiger partial charge in [0.25, 0.3) is 12.0 Å². The van der Waals surface area contributed by atoms with Gasteiger partial charge in [0.15, 0.2) is 5.82 Å². The summed E-state index contributed by atoms with van der Waals surface area (Å²) in [5.41, 5.74) is -1.07. The fourth-order valence-electron chi connectivity index (χ4n) is 5.33. The molecule has 0 bridgehead atoms. The Balaban J connectivity index is 1.37. The van der Waals surface area contributed by atoms with E-state index in [9.17, 15) is 22.8 Å². The first-order chi connectivity index (χ1) is 14.4. The second-order valence-electron chi connectivity index (χ2n) is 8.73. The molecule has 3 fully saturated rings. The maximum absolute atomic E-state index is 13.8. The highest BCUT2D eigenvalue weighted by molar-refractivity contribution is 8.01. The van der Waals surface area contributed by atoms with Crippen LogP contribution in [0.3, 0.4) is 0 Å². The van der Waals surface area contributed by atoms with E-state index in [-0.39, 0.29) is 16.8 Å². The summed E-state index contributed by atoms with van der Waals surface area (Å²) in [6.07, 6.45) is 5.09. The number of pyridine rings is 1. The van der Waals surface area contributed by atoms with Crippen molar-refractivity contribution in [1.29, 1.82) is 0 Å². The van der Waals surface area contributed by atoms with E-state index in [1.165, 1.54) is 25.7 Å². The number of fused-ring (bicyclic) bond motifs is 1. The molecule has 1 saturated carbocycles. The van der Waals surface area contributed by atoms with Gasteiger partial charge in [-0.15, -0.1) is 11.8 Å². The van der Waals surface area contributed by atoms with E-state index >= 15 is 0 Å². The van der Waals surface area contributed by atoms with Crippen molar-refractivity contribution in [3.05, 3.63) is 28.4 Å². The van der Waals surface area contributed by atoms with Gasteiger partial charge in [-0.25, -0.2) is 13.2 Å². The summed E-state index contributed by atoms with van der Waals surface area (Å²) in [6, 6.07) is 0.905. The molecule has 3 heterocycles. The van der Waals surface area contributed by atoms with Crippen molar-refractivity contribution in [3.63, 3.8) is 0 Å². The standard InChI is InChI=1S/C21H28F3N3O2S/c22-16-9-15(10-27(21(16)29)11-19(23)24)26-20(28)18-8-14-7-13(1-2-17(14)30-18)12-3-5-25-6-4-12/h9-10,12-14,17-19,25H,1-8,11H2,(H,26,28). The van der Waals surface area contributed by atoms with Crippen molar-refractivity contribution in [2.24, 2.45) is 17.8 Å². The molecule has 30 heavy (non-hydrogen) atoms. The van der Waals surface area contributed by atoms with Crippen LogP contribution in [0.4, 0.5) is 18.9 Å². The number of aromatic nitrogens is 1. The number of alkyl halides is 2. The Morgan fingerprint density at radius 2 is 1.93 bits per heavy atom. The van der Waals surface area contributed by atoms with Crippen LogP contribution in [0.1, 0.15) is 38.5 Å². The molecule has 3 aliphatic rings. The third kappa shape index (κ3) is 4.88. The zero-order valence-corrected chi connectivity index (χ0v) is 17.6. The predicted octanol–water partition coefficient (Wildman–Crippen LogP) is 3.48. The highest BCUT2D eigenvalue weighted by atomic mass is 32.2. The van der Waals surface area contributed by atoms with Gasteiger partial charge in [-0.2, -0.15) is 0 Å². The smallest absolute Gasteiger partial charge is 0.286 e. The summed E-state index contributed by atoms with van der Waals surface area (Å²) in [5.74, 6) is 0.649. The highest BCUT2D eigenvalue weighted by Crippen LogP contribution is 2.50. The van der Waals surface area contributed by atoms with E-state index < -0.39 is 24.3 Å². The van der Waals surface area contributed by atoms with Crippen molar-refractivity contribution in [1.82, 2.24) is 9.88 Å². The molecule has 2 aliphatic heterocycles. The largest absolute Gasteiger partial charge is 0.324 e. The van der Waals surface area contributed by atoms with E-state index in [2.05, 4.69) is 10.6 Å². The van der Waals surface area contributed by atoms with Crippen molar-refractivity contribution in [2.45, 2.75) is 62.0 Å². The van der Waals surface area contributed by atoms with E-state index in [1.54, 1.807) is 11.8 Å². The predicted molar refractivity (Wildman–Crippen MR) is 112 cm³/mol. The number of nitrogens with zero attached hydrogens (tertiary/aromatic N) is 1. The lowest BCUT2D eigenvalue weighted by atomic mass is 9.71. The van der Waals surface area contributed by atoms with Crippen LogP contribution in [-0.4, -0.2) is 40.5 Å². The molecule has 1 aromatic rings. The average molecular weight is 444 g/mol. The zero-order chi connectivity index (χ0) is 21.3. The molecule has 0 radical (unpaired) electrons. The Hall–Kier alpha value is -1.48. The normalized spacial score (nSPS) is 29.7. The fourth-order valence-corrected chi connectivity index (χ4v) is 7.01. The third-order valence-electron chi connectivity index (χ3n) is 6.80. The number of hydrogen-bond acceptors (Lipinski definition) is 4. The molecular formula is C21H28F3N3O2S. The van der Waals surface area contributed by atoms with Gasteiger partial charge in [-0.1, -0.05) is 0 Å². The summed E-state index contributed by atoms with van der Waals surface area (Å²) in [5, 5.41) is 6.30. The van der Waals surface area contributed by atoms with E-state index in [4.69, 9.17) is 0 Å². The van der Waals surface area contributed by atoms with Gasteiger partial charge in [0, 0.05) is 17.5 Å². The number of hydrogen-bond donors (Lipinski definition) is 2. The van der Waals surface area contributed by atoms with Gasteiger partial charge in [0.2, 0.25) is 5.91 Å². The number of piperidine rings is 1. The number of carbonyl (C=O) groups excluding carboxylic acids is 1. The second-order valence-corrected chi connectivity index (χ2v) is 10.2. The average Bonchev–Trinajstić information content (AvgIpc) is 3.15. The van der Waals surface area contributed by atoms with Crippen molar-refractivity contribution >= 4 is 23.4 Å². The molecular weight excluding hydrogens is 415 g/mol. The summed E-state index contributed by atoms with van der Waals surface area (Å²) in [6.45, 7) is 1.29. The first-order valence-electron chi connectivity index (χ1n) is 10.8. The Morgan fingerprint density at radius 1 is 1.17 bits per heavy atom. The molecule has 2 saturated heterocycles. The summed E-state index contributed by atoms with van der Waals surface area (Å²) in [7, 11) is 0. The van der Waals surface area contributed by atoms with Gasteiger partial charge >= 0.3 is 0 Å². The Morgan fingerprint density at radius 3 is 2.67 bits per heavy atom. The SMILES string of the molecule is O=C(Nc1cc(F)c(=O)n(CC(F)F)c1)C1CC2CC(C3CCNCC3)CCC2S1. The van der Waals surface area contributed by atoms with Crippen molar-refractivity contribution < 1.29 is 18.0 Å². The molecule has 4 atom stereocenters. The van der Waals surface area contributed by atoms with Crippen LogP contribution in [0.5, 0.6) is 0 Å². The molecule has 0 spiro atoms. The Kier molecular flexibility index (Phi) is 6.77. The molecule has 4 rings (SSSR count). The number of halogens is 3. The van der Waals surface area contributed by atoms with E-state index in [0.717, 1.165) is 50.0 Å². The van der Waals surface area contributed by atoms with Crippen LogP contribution >= 0.6 is 11.8 Å². The van der Waals surface area contributed by atoms with Gasteiger partial charge < -0.3 is 15.2 Å². The molecule has 4 unspecified atom stereocenters. The molecule has 1 amide bonds. The third-order valence-corrected chi connectivity index (χ3v) is 8.50. The quantitative estimate of drug-likeness (QED) is 0.732. The maximum atomic E-state index is 13.8. The summed E-state index contributed by atoms with van der Waals surface area (Å²) >= 11 is 1.69. The number of rotatable bonds is 5. The summed E-state index contributed by atoms with van der Waals surface area (Å²) in [4.78, 5) is 24.4. The number of thioether (sulfide) groups is 1. The van der Waals surface area contributed by atoms with Crippen LogP contribution in [0.15, 0.2) is 17.1 Å². The molecule has 166 valence electrons. The van der Waals surface area contributed by atoms with Gasteiger partial charge in [0.1, 0.15) is 0 Å². The monoisotopic (exact) mass is 443 g/mol. The zero-order valence-electron chi connectivity index (χ0n) is 16.8. The number of amides is 1. The lowest BCUT2D eigenvalue weighted by Crippen LogP contribution is -2.35. The molecule has 2 N–H and O–H groups in total. The number of nitrogens with one attached hydrogen (secondary N) is 2. The molecule has 5 nitrogen and oxygen atoms in total. The first kappa shape index (κ1) is 21.7.